The molecule has 142 valence electrons. The molecule has 0 heterocycles. The van der Waals surface area contributed by atoms with Crippen LogP contribution >= 0.6 is 12.2 Å². The summed E-state index contributed by atoms with van der Waals surface area (Å²) < 4.78 is 0. The number of hydrogen-bond donors (Lipinski definition) is 2. The highest BCUT2D eigenvalue weighted by Gasteiger charge is 2.51. The molecule has 4 heteroatoms. The molecule has 1 aromatic carbocycles. The summed E-state index contributed by atoms with van der Waals surface area (Å²) in [4.78, 5) is 2.20. The molecule has 4 aliphatic rings. The zero-order valence-electron chi connectivity index (χ0n) is 16.3. The highest BCUT2D eigenvalue weighted by molar-refractivity contribution is 7.80. The highest BCUT2D eigenvalue weighted by atomic mass is 32.1. The van der Waals surface area contributed by atoms with Crippen LogP contribution in [0.15, 0.2) is 24.3 Å². The molecule has 0 amide bonds. The number of nitrogens with one attached hydrogen (secondary N) is 2. The summed E-state index contributed by atoms with van der Waals surface area (Å²) in [6, 6.07) is 9.18. The first-order valence-electron chi connectivity index (χ1n) is 10.3. The Morgan fingerprint density at radius 2 is 1.62 bits per heavy atom. The predicted octanol–water partition coefficient (Wildman–Crippen LogP) is 4.39. The van der Waals surface area contributed by atoms with E-state index in [0.29, 0.717) is 5.41 Å². The lowest BCUT2D eigenvalue weighted by atomic mass is 9.48. The molecule has 1 aromatic rings. The van der Waals surface area contributed by atoms with Gasteiger partial charge in [-0.25, -0.2) is 0 Å². The van der Waals surface area contributed by atoms with Crippen molar-refractivity contribution in [3.8, 4) is 0 Å². The summed E-state index contributed by atoms with van der Waals surface area (Å²) >= 11 is 5.43. The van der Waals surface area contributed by atoms with Crippen LogP contribution in [0.3, 0.4) is 0 Å². The smallest absolute Gasteiger partial charge is 0.170 e. The van der Waals surface area contributed by atoms with E-state index in [1.54, 1.807) is 5.56 Å². The zero-order chi connectivity index (χ0) is 18.1. The van der Waals surface area contributed by atoms with Gasteiger partial charge in [0.05, 0.1) is 0 Å². The molecule has 0 saturated heterocycles. The fourth-order valence-corrected chi connectivity index (χ4v) is 6.36. The van der Waals surface area contributed by atoms with Gasteiger partial charge in [-0.3, -0.25) is 0 Å². The number of nitrogens with zero attached hydrogens (tertiary/aromatic N) is 1. The second-order valence-electron chi connectivity index (χ2n) is 9.31. The minimum absolute atomic E-state index is 0.484. The van der Waals surface area contributed by atoms with E-state index >= 15 is 0 Å². The van der Waals surface area contributed by atoms with E-state index in [1.807, 2.05) is 0 Å². The van der Waals surface area contributed by atoms with Gasteiger partial charge in [0.1, 0.15) is 0 Å². The Balaban J connectivity index is 1.33. The van der Waals surface area contributed by atoms with Crippen LogP contribution in [-0.4, -0.2) is 37.2 Å². The van der Waals surface area contributed by atoms with Crippen LogP contribution in [0.2, 0.25) is 0 Å². The van der Waals surface area contributed by atoms with Crippen LogP contribution in [-0.2, 0) is 5.41 Å². The maximum atomic E-state index is 5.43. The van der Waals surface area contributed by atoms with Crippen LogP contribution in [0.4, 0.5) is 5.69 Å². The van der Waals surface area contributed by atoms with Crippen molar-refractivity contribution in [2.24, 2.45) is 17.8 Å². The summed E-state index contributed by atoms with van der Waals surface area (Å²) in [6.07, 6.45) is 9.90. The SMILES string of the molecule is CN(C)CCCNC(=S)Nc1ccc(C23CC4CC(CC(C4)C2)C3)cc1. The Kier molecular flexibility index (Phi) is 5.24. The van der Waals surface area contributed by atoms with Gasteiger partial charge in [0.25, 0.3) is 0 Å². The Hall–Kier alpha value is -1.13. The van der Waals surface area contributed by atoms with Crippen LogP contribution in [0.5, 0.6) is 0 Å². The minimum Gasteiger partial charge on any atom is -0.362 e. The number of benzene rings is 1. The van der Waals surface area contributed by atoms with Gasteiger partial charge < -0.3 is 15.5 Å². The van der Waals surface area contributed by atoms with Crippen LogP contribution in [0.1, 0.15) is 50.5 Å². The largest absolute Gasteiger partial charge is 0.362 e. The van der Waals surface area contributed by atoms with Gasteiger partial charge in [0, 0.05) is 12.2 Å². The number of rotatable bonds is 6. The summed E-state index contributed by atoms with van der Waals surface area (Å²) in [5.41, 5.74) is 3.16. The first kappa shape index (κ1) is 18.2. The monoisotopic (exact) mass is 371 g/mol. The Morgan fingerprint density at radius 1 is 1.04 bits per heavy atom. The van der Waals surface area contributed by atoms with Gasteiger partial charge in [-0.1, -0.05) is 12.1 Å². The molecule has 4 saturated carbocycles. The lowest BCUT2D eigenvalue weighted by Gasteiger charge is -2.57. The van der Waals surface area contributed by atoms with Crippen molar-refractivity contribution in [2.75, 3.05) is 32.5 Å². The van der Waals surface area contributed by atoms with E-state index in [0.717, 1.165) is 48.1 Å². The second-order valence-corrected chi connectivity index (χ2v) is 9.72. The first-order valence-corrected chi connectivity index (χ1v) is 10.7. The standard InChI is InChI=1S/C22H33N3S/c1-25(2)9-3-8-23-21(26)24-20-6-4-19(5-7-20)22-13-16-10-17(14-22)12-18(11-16)15-22/h4-7,16-18H,3,8-15H2,1-2H3,(H2,23,24,26). The molecule has 4 bridgehead atoms. The molecular weight excluding hydrogens is 338 g/mol. The van der Waals surface area contributed by atoms with Gasteiger partial charge >= 0.3 is 0 Å². The normalized spacial score (nSPS) is 32.0. The van der Waals surface area contributed by atoms with Crippen molar-refractivity contribution in [2.45, 2.75) is 50.4 Å². The van der Waals surface area contributed by atoms with Crippen molar-refractivity contribution in [3.05, 3.63) is 29.8 Å². The van der Waals surface area contributed by atoms with Crippen LogP contribution in [0.25, 0.3) is 0 Å². The highest BCUT2D eigenvalue weighted by Crippen LogP contribution is 2.60. The first-order chi connectivity index (χ1) is 12.5. The topological polar surface area (TPSA) is 27.3 Å². The summed E-state index contributed by atoms with van der Waals surface area (Å²) in [5, 5.41) is 7.37. The average molecular weight is 372 g/mol. The summed E-state index contributed by atoms with van der Waals surface area (Å²) in [6.45, 7) is 1.99. The van der Waals surface area contributed by atoms with Gasteiger partial charge in [-0.2, -0.15) is 0 Å². The van der Waals surface area contributed by atoms with Gasteiger partial charge in [0.2, 0.25) is 0 Å². The molecule has 2 N–H and O–H groups in total. The van der Waals surface area contributed by atoms with E-state index in [1.165, 1.54) is 38.5 Å². The number of hydrogen-bond acceptors (Lipinski definition) is 2. The Labute approximate surface area is 163 Å². The molecule has 0 atom stereocenters. The van der Waals surface area contributed by atoms with Crippen molar-refractivity contribution >= 4 is 23.0 Å². The van der Waals surface area contributed by atoms with Gasteiger partial charge in [0.15, 0.2) is 5.11 Å². The van der Waals surface area contributed by atoms with E-state index in [9.17, 15) is 0 Å². The molecule has 4 aliphatic carbocycles. The lowest BCUT2D eigenvalue weighted by molar-refractivity contribution is -0.00518. The fourth-order valence-electron chi connectivity index (χ4n) is 6.14. The van der Waals surface area contributed by atoms with Gasteiger partial charge in [-0.05, 0) is 119 Å². The van der Waals surface area contributed by atoms with Crippen LogP contribution in [0, 0.1) is 17.8 Å². The van der Waals surface area contributed by atoms with E-state index in [2.05, 4.69) is 53.9 Å². The third-order valence-corrected chi connectivity index (χ3v) is 7.11. The molecule has 0 aromatic heterocycles. The molecule has 0 aliphatic heterocycles. The van der Waals surface area contributed by atoms with Crippen LogP contribution < -0.4 is 10.6 Å². The van der Waals surface area contributed by atoms with E-state index in [-0.39, 0.29) is 0 Å². The third-order valence-electron chi connectivity index (χ3n) is 6.86. The minimum atomic E-state index is 0.484. The van der Waals surface area contributed by atoms with E-state index < -0.39 is 0 Å². The lowest BCUT2D eigenvalue weighted by Crippen LogP contribution is -2.48. The van der Waals surface area contributed by atoms with Crippen molar-refractivity contribution in [1.82, 2.24) is 10.2 Å². The van der Waals surface area contributed by atoms with Crippen molar-refractivity contribution in [1.29, 1.82) is 0 Å². The Bertz CT molecular complexity index is 602. The van der Waals surface area contributed by atoms with Gasteiger partial charge in [-0.15, -0.1) is 0 Å². The number of anilines is 1. The number of thiocarbonyl (C=S) groups is 1. The molecule has 0 radical (unpaired) electrons. The second kappa shape index (κ2) is 7.47. The molecule has 0 spiro atoms. The molecule has 0 unspecified atom stereocenters. The molecular formula is C22H33N3S. The molecule has 4 fully saturated rings. The predicted molar refractivity (Wildman–Crippen MR) is 114 cm³/mol. The van der Waals surface area contributed by atoms with E-state index in [4.69, 9.17) is 12.2 Å². The maximum Gasteiger partial charge on any atom is 0.170 e. The van der Waals surface area contributed by atoms with Crippen molar-refractivity contribution in [3.63, 3.8) is 0 Å². The third kappa shape index (κ3) is 3.91. The maximum absolute atomic E-state index is 5.43. The fraction of sp³-hybridized carbons (Fsp3) is 0.682. The summed E-state index contributed by atoms with van der Waals surface area (Å²) in [5.74, 6) is 2.99. The quantitative estimate of drug-likeness (QED) is 0.573. The van der Waals surface area contributed by atoms with Crippen molar-refractivity contribution < 1.29 is 0 Å². The molecule has 26 heavy (non-hydrogen) atoms. The molecule has 3 nitrogen and oxygen atoms in total. The average Bonchev–Trinajstić information content (AvgIpc) is 2.58. The Morgan fingerprint density at radius 3 is 2.15 bits per heavy atom. The summed E-state index contributed by atoms with van der Waals surface area (Å²) in [7, 11) is 4.20. The zero-order valence-corrected chi connectivity index (χ0v) is 17.1. The molecule has 5 rings (SSSR count).